The van der Waals surface area contributed by atoms with Crippen LogP contribution in [-0.2, 0) is 16.0 Å². The normalized spacial score (nSPS) is 29.9. The van der Waals surface area contributed by atoms with Gasteiger partial charge in [-0.1, -0.05) is 12.1 Å². The number of anilines is 1. The molecule has 0 aliphatic heterocycles. The van der Waals surface area contributed by atoms with Crippen LogP contribution in [0, 0.1) is 0 Å². The molecule has 0 spiro atoms. The smallest absolute Gasteiger partial charge is 0.224 e. The molecule has 1 unspecified atom stereocenters. The van der Waals surface area contributed by atoms with Crippen molar-refractivity contribution >= 4 is 17.5 Å². The number of aliphatic hydroxyl groups excluding tert-OH is 1. The summed E-state index contributed by atoms with van der Waals surface area (Å²) in [7, 11) is 3.96. The van der Waals surface area contributed by atoms with Gasteiger partial charge in [-0.05, 0) is 49.8 Å². The molecule has 0 aromatic heterocycles. The number of nitrogens with one attached hydrogen (secondary N) is 2. The predicted octanol–water partition coefficient (Wildman–Crippen LogP) is 1.36. The second-order valence-corrected chi connectivity index (χ2v) is 8.12. The lowest BCUT2D eigenvalue weighted by atomic mass is 9.60. The largest absolute Gasteiger partial charge is 0.391 e. The molecule has 0 saturated heterocycles. The minimum Gasteiger partial charge on any atom is -0.391 e. The highest BCUT2D eigenvalue weighted by atomic mass is 16.3. The summed E-state index contributed by atoms with van der Waals surface area (Å²) in [5.74, 6) is -0.118. The van der Waals surface area contributed by atoms with Crippen molar-refractivity contribution < 1.29 is 14.7 Å². The van der Waals surface area contributed by atoms with E-state index in [4.69, 9.17) is 0 Å². The fraction of sp³-hybridized carbons (Fsp3) is 0.600. The Hall–Kier alpha value is -2.08. The summed E-state index contributed by atoms with van der Waals surface area (Å²) < 4.78 is 0. The molecule has 3 fully saturated rings. The average Bonchev–Trinajstić information content (AvgIpc) is 2.56. The lowest BCUT2D eigenvalue weighted by Crippen LogP contribution is -2.70. The molecule has 1 aromatic rings. The second-order valence-electron chi connectivity index (χ2n) is 8.12. The Bertz CT molecular complexity index is 676. The molecule has 26 heavy (non-hydrogen) atoms. The molecule has 142 valence electrons. The first-order valence-electron chi connectivity index (χ1n) is 9.28. The van der Waals surface area contributed by atoms with Crippen molar-refractivity contribution in [2.45, 2.75) is 62.6 Å². The molecular formula is C20H29N3O3. The van der Waals surface area contributed by atoms with Gasteiger partial charge in [-0.25, -0.2) is 0 Å². The van der Waals surface area contributed by atoms with Gasteiger partial charge < -0.3 is 20.6 Å². The summed E-state index contributed by atoms with van der Waals surface area (Å²) in [6, 6.07) is 7.93. The third kappa shape index (κ3) is 3.70. The standard InChI is InChI=1S/C20H29N3O3/c1-14(24)21-19-8-10-20(11-9-19,17(25)13-19)22-18(26)12-15-4-6-16(7-5-15)23(2)3/h4-7,17,25H,8-13H2,1-3H3,(H,21,24)(H,22,26). The maximum Gasteiger partial charge on any atom is 0.224 e. The van der Waals surface area contributed by atoms with Crippen molar-refractivity contribution in [3.05, 3.63) is 29.8 Å². The Morgan fingerprint density at radius 2 is 1.73 bits per heavy atom. The maximum atomic E-state index is 12.6. The molecule has 0 radical (unpaired) electrons. The third-order valence-electron chi connectivity index (χ3n) is 5.97. The van der Waals surface area contributed by atoms with Crippen molar-refractivity contribution in [2.75, 3.05) is 19.0 Å². The van der Waals surface area contributed by atoms with Crippen LogP contribution in [0.1, 0.15) is 44.6 Å². The van der Waals surface area contributed by atoms with Crippen molar-refractivity contribution in [2.24, 2.45) is 0 Å². The van der Waals surface area contributed by atoms with Gasteiger partial charge in [0.15, 0.2) is 0 Å². The van der Waals surface area contributed by atoms with E-state index in [-0.39, 0.29) is 17.4 Å². The van der Waals surface area contributed by atoms with Gasteiger partial charge in [0.1, 0.15) is 0 Å². The molecule has 0 heterocycles. The van der Waals surface area contributed by atoms with E-state index < -0.39 is 11.6 Å². The summed E-state index contributed by atoms with van der Waals surface area (Å²) in [4.78, 5) is 26.1. The van der Waals surface area contributed by atoms with Crippen molar-refractivity contribution in [1.29, 1.82) is 0 Å². The number of amides is 2. The van der Waals surface area contributed by atoms with Crippen LogP contribution in [0.15, 0.2) is 24.3 Å². The minimum absolute atomic E-state index is 0.0585. The number of aliphatic hydroxyl groups is 1. The first-order valence-corrected chi connectivity index (χ1v) is 9.28. The van der Waals surface area contributed by atoms with Gasteiger partial charge in [0.05, 0.1) is 18.1 Å². The second kappa shape index (κ2) is 6.91. The number of benzene rings is 1. The molecular weight excluding hydrogens is 330 g/mol. The molecule has 6 heteroatoms. The summed E-state index contributed by atoms with van der Waals surface area (Å²) in [6.07, 6.45) is 3.16. The molecule has 1 aromatic carbocycles. The summed E-state index contributed by atoms with van der Waals surface area (Å²) >= 11 is 0. The van der Waals surface area contributed by atoms with Crippen molar-refractivity contribution in [1.82, 2.24) is 10.6 Å². The van der Waals surface area contributed by atoms with Gasteiger partial charge in [-0.2, -0.15) is 0 Å². The van der Waals surface area contributed by atoms with Crippen LogP contribution in [0.3, 0.4) is 0 Å². The Morgan fingerprint density at radius 1 is 1.12 bits per heavy atom. The number of hydrogen-bond acceptors (Lipinski definition) is 4. The molecule has 6 nitrogen and oxygen atoms in total. The molecule has 2 bridgehead atoms. The van der Waals surface area contributed by atoms with E-state index in [1.165, 1.54) is 6.92 Å². The topological polar surface area (TPSA) is 81.7 Å². The van der Waals surface area contributed by atoms with E-state index in [0.717, 1.165) is 24.1 Å². The Morgan fingerprint density at radius 3 is 2.23 bits per heavy atom. The van der Waals surface area contributed by atoms with Crippen LogP contribution in [0.2, 0.25) is 0 Å². The fourth-order valence-corrected chi connectivity index (χ4v) is 4.45. The van der Waals surface area contributed by atoms with Gasteiger partial charge in [-0.3, -0.25) is 9.59 Å². The number of fused-ring (bicyclic) bond motifs is 3. The number of hydrogen-bond donors (Lipinski definition) is 3. The lowest BCUT2D eigenvalue weighted by Gasteiger charge is -2.56. The van der Waals surface area contributed by atoms with Gasteiger partial charge in [0.2, 0.25) is 11.8 Å². The van der Waals surface area contributed by atoms with E-state index in [9.17, 15) is 14.7 Å². The monoisotopic (exact) mass is 359 g/mol. The molecule has 3 aliphatic rings. The van der Waals surface area contributed by atoms with Crippen molar-refractivity contribution in [3.8, 4) is 0 Å². The minimum atomic E-state index is -0.628. The third-order valence-corrected chi connectivity index (χ3v) is 5.97. The zero-order valence-corrected chi connectivity index (χ0v) is 15.8. The molecule has 3 N–H and O–H groups in total. The first kappa shape index (κ1) is 18.7. The number of rotatable bonds is 5. The maximum absolute atomic E-state index is 12.6. The highest BCUT2D eigenvalue weighted by Gasteiger charge is 2.55. The van der Waals surface area contributed by atoms with E-state index in [1.807, 2.05) is 43.3 Å². The molecule has 1 atom stereocenters. The molecule has 4 rings (SSSR count). The zero-order chi connectivity index (χ0) is 18.9. The Balaban J connectivity index is 1.62. The number of nitrogens with zero attached hydrogens (tertiary/aromatic N) is 1. The highest BCUT2D eigenvalue weighted by molar-refractivity contribution is 5.80. The molecule has 3 aliphatic carbocycles. The van der Waals surface area contributed by atoms with Crippen LogP contribution in [-0.4, -0.2) is 48.2 Å². The Kier molecular flexibility index (Phi) is 4.97. The Labute approximate surface area is 155 Å². The summed E-state index contributed by atoms with van der Waals surface area (Å²) in [5, 5.41) is 16.8. The lowest BCUT2D eigenvalue weighted by molar-refractivity contribution is -0.133. The fourth-order valence-electron chi connectivity index (χ4n) is 4.45. The average molecular weight is 359 g/mol. The van der Waals surface area contributed by atoms with Gasteiger partial charge in [-0.15, -0.1) is 0 Å². The highest BCUT2D eigenvalue weighted by Crippen LogP contribution is 2.47. The van der Waals surface area contributed by atoms with Crippen LogP contribution in [0.5, 0.6) is 0 Å². The predicted molar refractivity (Wildman–Crippen MR) is 101 cm³/mol. The van der Waals surface area contributed by atoms with Crippen LogP contribution in [0.4, 0.5) is 5.69 Å². The van der Waals surface area contributed by atoms with E-state index in [0.29, 0.717) is 25.7 Å². The van der Waals surface area contributed by atoms with E-state index >= 15 is 0 Å². The number of carbonyl (C=O) groups is 2. The van der Waals surface area contributed by atoms with Gasteiger partial charge in [0, 0.05) is 32.2 Å². The molecule has 3 saturated carbocycles. The first-order chi connectivity index (χ1) is 12.2. The van der Waals surface area contributed by atoms with Crippen LogP contribution >= 0.6 is 0 Å². The van der Waals surface area contributed by atoms with Crippen molar-refractivity contribution in [3.63, 3.8) is 0 Å². The SMILES string of the molecule is CC(=O)NC12CCC(NC(=O)Cc3ccc(N(C)C)cc3)(CC1)C(O)C2. The van der Waals surface area contributed by atoms with Gasteiger partial charge >= 0.3 is 0 Å². The molecule has 2 amide bonds. The summed E-state index contributed by atoms with van der Waals surface area (Å²) in [5.41, 5.74) is 1.19. The van der Waals surface area contributed by atoms with E-state index in [1.54, 1.807) is 0 Å². The van der Waals surface area contributed by atoms with Gasteiger partial charge in [0.25, 0.3) is 0 Å². The zero-order valence-electron chi connectivity index (χ0n) is 15.8. The van der Waals surface area contributed by atoms with E-state index in [2.05, 4.69) is 10.6 Å². The van der Waals surface area contributed by atoms with Crippen LogP contribution in [0.25, 0.3) is 0 Å². The number of carbonyl (C=O) groups excluding carboxylic acids is 2. The quantitative estimate of drug-likeness (QED) is 0.742. The summed E-state index contributed by atoms with van der Waals surface area (Å²) in [6.45, 7) is 1.51. The van der Waals surface area contributed by atoms with Crippen LogP contribution < -0.4 is 15.5 Å².